The Balaban J connectivity index is 1.80. The van der Waals surface area contributed by atoms with Gasteiger partial charge in [0.25, 0.3) is 0 Å². The number of benzene rings is 2. The van der Waals surface area contributed by atoms with Crippen LogP contribution in [0.4, 0.5) is 5.69 Å². The smallest absolute Gasteiger partial charge is 0.234 e. The molecular formula is C27H28N4O4S. The SMILES string of the molecule is COc1cc(OC)c(-c2c(C#N)c(SCC(=O)Nc3ccccc3)nc3c2CN(C)CC3)cc1OC. The lowest BCUT2D eigenvalue weighted by atomic mass is 9.91. The number of pyridine rings is 1. The molecule has 0 radical (unpaired) electrons. The van der Waals surface area contributed by atoms with Crippen molar-refractivity contribution < 1.29 is 19.0 Å². The molecule has 186 valence electrons. The minimum absolute atomic E-state index is 0.123. The Morgan fingerprint density at radius 1 is 1.11 bits per heavy atom. The number of fused-ring (bicyclic) bond motifs is 1. The maximum Gasteiger partial charge on any atom is 0.234 e. The van der Waals surface area contributed by atoms with Gasteiger partial charge >= 0.3 is 0 Å². The highest BCUT2D eigenvalue weighted by Crippen LogP contribution is 2.45. The topological polar surface area (TPSA) is 96.7 Å². The van der Waals surface area contributed by atoms with E-state index in [1.165, 1.54) is 11.8 Å². The molecule has 0 bridgehead atoms. The van der Waals surface area contributed by atoms with Crippen molar-refractivity contribution in [1.82, 2.24) is 9.88 Å². The average Bonchev–Trinajstić information content (AvgIpc) is 2.90. The predicted molar refractivity (Wildman–Crippen MR) is 140 cm³/mol. The third-order valence-corrected chi connectivity index (χ3v) is 6.97. The minimum atomic E-state index is -0.167. The second-order valence-electron chi connectivity index (χ2n) is 8.30. The zero-order valence-electron chi connectivity index (χ0n) is 20.8. The van der Waals surface area contributed by atoms with Gasteiger partial charge in [0, 0.05) is 48.1 Å². The van der Waals surface area contributed by atoms with Crippen LogP contribution in [-0.4, -0.2) is 56.5 Å². The molecule has 9 heteroatoms. The third-order valence-electron chi connectivity index (χ3n) is 5.99. The van der Waals surface area contributed by atoms with Crippen LogP contribution in [0.1, 0.15) is 16.8 Å². The van der Waals surface area contributed by atoms with E-state index in [1.54, 1.807) is 27.4 Å². The van der Waals surface area contributed by atoms with Crippen LogP contribution in [0.3, 0.4) is 0 Å². The number of nitrogens with one attached hydrogen (secondary N) is 1. The van der Waals surface area contributed by atoms with Gasteiger partial charge in [0.15, 0.2) is 11.5 Å². The number of anilines is 1. The van der Waals surface area contributed by atoms with E-state index in [1.807, 2.05) is 43.4 Å². The molecular weight excluding hydrogens is 476 g/mol. The molecule has 0 atom stereocenters. The van der Waals surface area contributed by atoms with Gasteiger partial charge in [-0.25, -0.2) is 4.98 Å². The van der Waals surface area contributed by atoms with Crippen LogP contribution >= 0.6 is 11.8 Å². The van der Waals surface area contributed by atoms with Crippen LogP contribution in [0, 0.1) is 11.3 Å². The third kappa shape index (κ3) is 5.25. The lowest BCUT2D eigenvalue weighted by Gasteiger charge is -2.28. The van der Waals surface area contributed by atoms with Gasteiger partial charge in [0.05, 0.1) is 32.6 Å². The van der Waals surface area contributed by atoms with Gasteiger partial charge in [0.2, 0.25) is 5.91 Å². The molecule has 1 aliphatic rings. The van der Waals surface area contributed by atoms with Gasteiger partial charge in [0.1, 0.15) is 16.8 Å². The molecule has 1 aromatic heterocycles. The van der Waals surface area contributed by atoms with E-state index in [0.29, 0.717) is 34.4 Å². The molecule has 0 unspecified atom stereocenters. The van der Waals surface area contributed by atoms with E-state index in [9.17, 15) is 10.1 Å². The molecule has 1 aliphatic heterocycles. The first-order chi connectivity index (χ1) is 17.5. The normalized spacial score (nSPS) is 12.9. The van der Waals surface area contributed by atoms with Crippen molar-refractivity contribution in [2.24, 2.45) is 0 Å². The number of methoxy groups -OCH3 is 3. The van der Waals surface area contributed by atoms with Crippen molar-refractivity contribution >= 4 is 23.4 Å². The largest absolute Gasteiger partial charge is 0.496 e. The molecule has 0 spiro atoms. The quantitative estimate of drug-likeness (QED) is 0.452. The van der Waals surface area contributed by atoms with Crippen LogP contribution in [0.25, 0.3) is 11.1 Å². The van der Waals surface area contributed by atoms with Gasteiger partial charge in [-0.05, 0) is 30.8 Å². The van der Waals surface area contributed by atoms with Gasteiger partial charge in [-0.2, -0.15) is 5.26 Å². The highest BCUT2D eigenvalue weighted by Gasteiger charge is 2.28. The standard InChI is InChI=1S/C27H28N4O4S/c1-31-11-10-21-20(15-31)26(18-12-23(34-3)24(35-4)13-22(18)33-2)19(14-28)27(30-21)36-16-25(32)29-17-8-6-5-7-9-17/h5-9,12-13H,10-11,15-16H2,1-4H3,(H,29,32). The lowest BCUT2D eigenvalue weighted by Crippen LogP contribution is -2.28. The number of para-hydroxylation sites is 1. The van der Waals surface area contributed by atoms with E-state index < -0.39 is 0 Å². The summed E-state index contributed by atoms with van der Waals surface area (Å²) >= 11 is 1.26. The number of carbonyl (C=O) groups is 1. The highest BCUT2D eigenvalue weighted by atomic mass is 32.2. The van der Waals surface area contributed by atoms with Crippen molar-refractivity contribution in [2.75, 3.05) is 46.0 Å². The molecule has 36 heavy (non-hydrogen) atoms. The Morgan fingerprint density at radius 3 is 2.47 bits per heavy atom. The predicted octanol–water partition coefficient (Wildman–Crippen LogP) is 4.36. The van der Waals surface area contributed by atoms with E-state index in [4.69, 9.17) is 19.2 Å². The maximum atomic E-state index is 12.6. The number of aromatic nitrogens is 1. The van der Waals surface area contributed by atoms with Crippen molar-refractivity contribution in [1.29, 1.82) is 5.26 Å². The van der Waals surface area contributed by atoms with Gasteiger partial charge in [-0.1, -0.05) is 30.0 Å². The number of thioether (sulfide) groups is 1. The van der Waals surface area contributed by atoms with E-state index >= 15 is 0 Å². The van der Waals surface area contributed by atoms with Crippen LogP contribution in [-0.2, 0) is 17.8 Å². The summed E-state index contributed by atoms with van der Waals surface area (Å²) in [5.41, 5.74) is 4.50. The highest BCUT2D eigenvalue weighted by molar-refractivity contribution is 8.00. The summed E-state index contributed by atoms with van der Waals surface area (Å²) in [5.74, 6) is 1.58. The summed E-state index contributed by atoms with van der Waals surface area (Å²) in [5, 5.41) is 13.7. The molecule has 2 aromatic carbocycles. The number of hydrogen-bond acceptors (Lipinski definition) is 8. The zero-order valence-corrected chi connectivity index (χ0v) is 21.6. The van der Waals surface area contributed by atoms with Crippen molar-refractivity contribution in [2.45, 2.75) is 18.0 Å². The summed E-state index contributed by atoms with van der Waals surface area (Å²) < 4.78 is 16.7. The number of rotatable bonds is 8. The first-order valence-corrected chi connectivity index (χ1v) is 12.4. The zero-order chi connectivity index (χ0) is 25.7. The summed E-state index contributed by atoms with van der Waals surface area (Å²) in [4.78, 5) is 19.7. The molecule has 3 aromatic rings. The number of nitrogens with zero attached hydrogens (tertiary/aromatic N) is 3. The maximum absolute atomic E-state index is 12.6. The first-order valence-electron chi connectivity index (χ1n) is 11.4. The summed E-state index contributed by atoms with van der Waals surface area (Å²) in [7, 11) is 6.76. The van der Waals surface area contributed by atoms with Gasteiger partial charge < -0.3 is 24.4 Å². The number of likely N-dealkylation sites (N-methyl/N-ethyl adjacent to an activating group) is 1. The van der Waals surface area contributed by atoms with E-state index in [-0.39, 0.29) is 11.7 Å². The lowest BCUT2D eigenvalue weighted by molar-refractivity contribution is -0.113. The molecule has 0 aliphatic carbocycles. The molecule has 1 amide bonds. The van der Waals surface area contributed by atoms with E-state index in [0.717, 1.165) is 41.0 Å². The fourth-order valence-corrected chi connectivity index (χ4v) is 5.06. The fraction of sp³-hybridized carbons (Fsp3) is 0.296. The van der Waals surface area contributed by atoms with E-state index in [2.05, 4.69) is 16.3 Å². The second kappa shape index (κ2) is 11.3. The summed E-state index contributed by atoms with van der Waals surface area (Å²) in [6.45, 7) is 1.50. The fourth-order valence-electron chi connectivity index (χ4n) is 4.25. The Bertz CT molecular complexity index is 1310. The number of carbonyl (C=O) groups excluding carboxylic acids is 1. The Labute approximate surface area is 215 Å². The molecule has 0 saturated heterocycles. The molecule has 8 nitrogen and oxygen atoms in total. The van der Waals surface area contributed by atoms with Crippen molar-refractivity contribution in [3.63, 3.8) is 0 Å². The monoisotopic (exact) mass is 504 g/mol. The molecule has 4 rings (SSSR count). The van der Waals surface area contributed by atoms with Crippen molar-refractivity contribution in [3.05, 3.63) is 59.3 Å². The van der Waals surface area contributed by atoms with Crippen LogP contribution in [0.2, 0.25) is 0 Å². The Morgan fingerprint density at radius 2 is 1.81 bits per heavy atom. The summed E-state index contributed by atoms with van der Waals surface area (Å²) in [6, 6.07) is 15.2. The number of ether oxygens (including phenoxy) is 3. The number of nitriles is 1. The molecule has 1 N–H and O–H groups in total. The molecule has 0 fully saturated rings. The minimum Gasteiger partial charge on any atom is -0.496 e. The molecule has 0 saturated carbocycles. The second-order valence-corrected chi connectivity index (χ2v) is 9.27. The Hall–Kier alpha value is -3.74. The number of amides is 1. The van der Waals surface area contributed by atoms with Gasteiger partial charge in [-0.15, -0.1) is 0 Å². The van der Waals surface area contributed by atoms with Crippen LogP contribution in [0.5, 0.6) is 17.2 Å². The Kier molecular flexibility index (Phi) is 7.98. The average molecular weight is 505 g/mol. The van der Waals surface area contributed by atoms with Gasteiger partial charge in [-0.3, -0.25) is 4.79 Å². The summed E-state index contributed by atoms with van der Waals surface area (Å²) in [6.07, 6.45) is 0.740. The first kappa shape index (κ1) is 25.4. The van der Waals surface area contributed by atoms with Crippen molar-refractivity contribution in [3.8, 4) is 34.4 Å². The van der Waals surface area contributed by atoms with Crippen LogP contribution in [0.15, 0.2) is 47.5 Å². The van der Waals surface area contributed by atoms with Crippen LogP contribution < -0.4 is 19.5 Å². The molecule has 2 heterocycles. The number of hydrogen-bond donors (Lipinski definition) is 1.